The highest BCUT2D eigenvalue weighted by molar-refractivity contribution is 9.11. The summed E-state index contributed by atoms with van der Waals surface area (Å²) in [6.07, 6.45) is 8.66. The molecule has 0 saturated carbocycles. The van der Waals surface area contributed by atoms with Gasteiger partial charge in [-0.1, -0.05) is 41.8 Å². The van der Waals surface area contributed by atoms with Crippen molar-refractivity contribution in [3.8, 4) is 0 Å². The molecule has 0 aromatic heterocycles. The second-order valence-electron chi connectivity index (χ2n) is 4.43. The van der Waals surface area contributed by atoms with Gasteiger partial charge in [0.15, 0.2) is 0 Å². The van der Waals surface area contributed by atoms with E-state index in [9.17, 15) is 4.79 Å². The summed E-state index contributed by atoms with van der Waals surface area (Å²) < 4.78 is 6.66. The highest BCUT2D eigenvalue weighted by Gasteiger charge is 2.28. The predicted octanol–water partition coefficient (Wildman–Crippen LogP) is 4.41. The van der Waals surface area contributed by atoms with Crippen molar-refractivity contribution in [3.63, 3.8) is 0 Å². The number of alkyl halides is 1. The summed E-state index contributed by atoms with van der Waals surface area (Å²) in [5.74, 6) is -0.0439. The van der Waals surface area contributed by atoms with E-state index in [1.165, 1.54) is 10.9 Å². The van der Waals surface area contributed by atoms with Crippen LogP contribution in [-0.2, 0) is 9.53 Å². The standard InChI is InChI=1S/C13H20BrClO2/c1-2-3-8-12(17-13(16)9-15)10-6-4-5-7-11(10)14/h7,10,12H,2-6,8-9H2,1H3/t10-,12-/m0/s1. The quantitative estimate of drug-likeness (QED) is 0.535. The summed E-state index contributed by atoms with van der Waals surface area (Å²) in [5, 5.41) is 0. The number of carbonyl (C=O) groups is 1. The number of allylic oxidation sites excluding steroid dienone is 1. The van der Waals surface area contributed by atoms with E-state index in [2.05, 4.69) is 28.9 Å². The van der Waals surface area contributed by atoms with Gasteiger partial charge in [-0.2, -0.15) is 0 Å². The molecule has 0 bridgehead atoms. The van der Waals surface area contributed by atoms with Gasteiger partial charge in [-0.25, -0.2) is 0 Å². The van der Waals surface area contributed by atoms with Crippen molar-refractivity contribution in [1.29, 1.82) is 0 Å². The molecule has 0 amide bonds. The zero-order chi connectivity index (χ0) is 12.7. The maximum atomic E-state index is 11.3. The van der Waals surface area contributed by atoms with E-state index in [1.807, 2.05) is 0 Å². The minimum Gasteiger partial charge on any atom is -0.461 e. The SMILES string of the molecule is CCCC[C@H](OC(=O)CCl)[C@H]1CCCC=C1Br. The van der Waals surface area contributed by atoms with Crippen LogP contribution in [-0.4, -0.2) is 18.0 Å². The summed E-state index contributed by atoms with van der Waals surface area (Å²) >= 11 is 9.10. The lowest BCUT2D eigenvalue weighted by atomic mass is 9.88. The van der Waals surface area contributed by atoms with E-state index in [4.69, 9.17) is 16.3 Å². The van der Waals surface area contributed by atoms with Crippen LogP contribution in [0.3, 0.4) is 0 Å². The Labute approximate surface area is 117 Å². The molecule has 0 fully saturated rings. The van der Waals surface area contributed by atoms with Crippen LogP contribution < -0.4 is 0 Å². The van der Waals surface area contributed by atoms with Crippen LogP contribution >= 0.6 is 27.5 Å². The third-order valence-electron chi connectivity index (χ3n) is 3.10. The fourth-order valence-electron chi connectivity index (χ4n) is 2.18. The molecule has 1 aliphatic rings. The Balaban J connectivity index is 2.63. The first-order valence-electron chi connectivity index (χ1n) is 6.30. The number of rotatable bonds is 6. The normalized spacial score (nSPS) is 21.8. The number of esters is 1. The summed E-state index contributed by atoms with van der Waals surface area (Å²) in [6.45, 7) is 2.15. The van der Waals surface area contributed by atoms with E-state index in [0.29, 0.717) is 5.92 Å². The van der Waals surface area contributed by atoms with Crippen molar-refractivity contribution < 1.29 is 9.53 Å². The Hall–Kier alpha value is -0.0200. The van der Waals surface area contributed by atoms with Gasteiger partial charge in [0.25, 0.3) is 0 Å². The zero-order valence-corrected chi connectivity index (χ0v) is 12.6. The first-order valence-corrected chi connectivity index (χ1v) is 7.62. The van der Waals surface area contributed by atoms with Crippen molar-refractivity contribution >= 4 is 33.5 Å². The highest BCUT2D eigenvalue weighted by Crippen LogP contribution is 2.34. The van der Waals surface area contributed by atoms with Gasteiger partial charge in [-0.05, 0) is 30.2 Å². The lowest BCUT2D eigenvalue weighted by molar-refractivity contribution is -0.148. The number of carbonyl (C=O) groups excluding carboxylic acids is 1. The Morgan fingerprint density at radius 3 is 3.06 bits per heavy atom. The van der Waals surface area contributed by atoms with Gasteiger partial charge >= 0.3 is 5.97 Å². The van der Waals surface area contributed by atoms with Gasteiger partial charge in [-0.15, -0.1) is 11.6 Å². The molecule has 4 heteroatoms. The van der Waals surface area contributed by atoms with Crippen molar-refractivity contribution in [2.75, 3.05) is 5.88 Å². The summed E-state index contributed by atoms with van der Waals surface area (Å²) in [4.78, 5) is 11.3. The van der Waals surface area contributed by atoms with Gasteiger partial charge in [-0.3, -0.25) is 4.79 Å². The second-order valence-corrected chi connectivity index (χ2v) is 5.61. The average Bonchev–Trinajstić information content (AvgIpc) is 2.35. The van der Waals surface area contributed by atoms with Crippen LogP contribution in [0.4, 0.5) is 0 Å². The molecule has 0 aliphatic heterocycles. The third-order valence-corrected chi connectivity index (χ3v) is 4.23. The van der Waals surface area contributed by atoms with Crippen LogP contribution in [0.25, 0.3) is 0 Å². The number of unbranched alkanes of at least 4 members (excludes halogenated alkanes) is 1. The summed E-state index contributed by atoms with van der Waals surface area (Å²) in [5.41, 5.74) is 0. The molecule has 0 radical (unpaired) electrons. The summed E-state index contributed by atoms with van der Waals surface area (Å²) in [6, 6.07) is 0. The van der Waals surface area contributed by atoms with Crippen molar-refractivity contribution in [1.82, 2.24) is 0 Å². The van der Waals surface area contributed by atoms with Crippen molar-refractivity contribution in [2.45, 2.75) is 51.6 Å². The van der Waals surface area contributed by atoms with Gasteiger partial charge < -0.3 is 4.74 Å². The van der Waals surface area contributed by atoms with E-state index < -0.39 is 0 Å². The predicted molar refractivity (Wildman–Crippen MR) is 74.5 cm³/mol. The fourth-order valence-corrected chi connectivity index (χ4v) is 2.99. The van der Waals surface area contributed by atoms with Crippen LogP contribution in [0.15, 0.2) is 10.6 Å². The second kappa shape index (κ2) is 8.15. The van der Waals surface area contributed by atoms with Crippen LogP contribution in [0.2, 0.25) is 0 Å². The minimum absolute atomic E-state index is 0.0212. The van der Waals surface area contributed by atoms with Gasteiger partial charge in [0.05, 0.1) is 0 Å². The number of hydrogen-bond acceptors (Lipinski definition) is 2. The molecule has 0 unspecified atom stereocenters. The fraction of sp³-hybridized carbons (Fsp3) is 0.769. The van der Waals surface area contributed by atoms with Crippen LogP contribution in [0, 0.1) is 5.92 Å². The summed E-state index contributed by atoms with van der Waals surface area (Å²) in [7, 11) is 0. The molecule has 0 N–H and O–H groups in total. The molecule has 0 aromatic carbocycles. The lowest BCUT2D eigenvalue weighted by Crippen LogP contribution is -2.29. The molecule has 0 aromatic rings. The molecule has 2 nitrogen and oxygen atoms in total. The highest BCUT2D eigenvalue weighted by atomic mass is 79.9. The van der Waals surface area contributed by atoms with Gasteiger partial charge in [0, 0.05) is 5.92 Å². The molecule has 1 aliphatic carbocycles. The molecule has 0 heterocycles. The molecule has 0 saturated heterocycles. The Morgan fingerprint density at radius 2 is 2.47 bits per heavy atom. The number of halogens is 2. The number of hydrogen-bond donors (Lipinski definition) is 0. The first-order chi connectivity index (χ1) is 8.19. The molecular weight excluding hydrogens is 303 g/mol. The molecule has 0 spiro atoms. The van der Waals surface area contributed by atoms with E-state index in [1.54, 1.807) is 0 Å². The molecule has 2 atom stereocenters. The van der Waals surface area contributed by atoms with Crippen LogP contribution in [0.5, 0.6) is 0 Å². The van der Waals surface area contributed by atoms with Crippen molar-refractivity contribution in [3.05, 3.63) is 10.6 Å². The minimum atomic E-state index is -0.307. The van der Waals surface area contributed by atoms with E-state index >= 15 is 0 Å². The molecule has 17 heavy (non-hydrogen) atoms. The van der Waals surface area contributed by atoms with Gasteiger partial charge in [0.2, 0.25) is 0 Å². The Bertz CT molecular complexity index is 279. The molecule has 98 valence electrons. The van der Waals surface area contributed by atoms with Crippen LogP contribution in [0.1, 0.15) is 45.4 Å². The Kier molecular flexibility index (Phi) is 7.21. The largest absolute Gasteiger partial charge is 0.461 e. The third kappa shape index (κ3) is 5.01. The Morgan fingerprint density at radius 1 is 1.71 bits per heavy atom. The zero-order valence-electron chi connectivity index (χ0n) is 10.3. The maximum Gasteiger partial charge on any atom is 0.321 e. The maximum absolute atomic E-state index is 11.3. The monoisotopic (exact) mass is 322 g/mol. The van der Waals surface area contributed by atoms with E-state index in [0.717, 1.165) is 32.1 Å². The van der Waals surface area contributed by atoms with Crippen molar-refractivity contribution in [2.24, 2.45) is 5.92 Å². The first kappa shape index (κ1) is 15.0. The number of ether oxygens (including phenoxy) is 1. The molecular formula is C13H20BrClO2. The topological polar surface area (TPSA) is 26.3 Å². The van der Waals surface area contributed by atoms with Gasteiger partial charge in [0.1, 0.15) is 12.0 Å². The molecule has 1 rings (SSSR count). The van der Waals surface area contributed by atoms with E-state index in [-0.39, 0.29) is 18.0 Å². The lowest BCUT2D eigenvalue weighted by Gasteiger charge is -2.29. The smallest absolute Gasteiger partial charge is 0.321 e. The average molecular weight is 324 g/mol.